The van der Waals surface area contributed by atoms with Crippen molar-refractivity contribution in [1.29, 1.82) is 0 Å². The third-order valence-corrected chi connectivity index (χ3v) is 4.13. The molecule has 1 aromatic rings. The quantitative estimate of drug-likeness (QED) is 0.820. The lowest BCUT2D eigenvalue weighted by Gasteiger charge is -2.30. The van der Waals surface area contributed by atoms with E-state index in [1.165, 1.54) is 0 Å². The Morgan fingerprint density at radius 3 is 2.45 bits per heavy atom. The van der Waals surface area contributed by atoms with Crippen molar-refractivity contribution in [3.8, 4) is 0 Å². The number of nitrogens with zero attached hydrogens (tertiary/aromatic N) is 2. The minimum atomic E-state index is -3.13. The first-order valence-electron chi connectivity index (χ1n) is 6.81. The summed E-state index contributed by atoms with van der Waals surface area (Å²) in [5, 5.41) is 3.70. The maximum Gasteiger partial charge on any atom is 0.226 e. The number of hydrogen-bond acceptors (Lipinski definition) is 6. The first-order chi connectivity index (χ1) is 9.12. The molecule has 1 aromatic heterocycles. The molecule has 0 aliphatic heterocycles. The van der Waals surface area contributed by atoms with E-state index in [4.69, 9.17) is 10.3 Å². The number of nitrogens with two attached hydrogens (primary N) is 1. The van der Waals surface area contributed by atoms with Gasteiger partial charge in [-0.1, -0.05) is 25.9 Å². The summed E-state index contributed by atoms with van der Waals surface area (Å²) in [6, 6.07) is 0. The molecule has 0 aliphatic carbocycles. The van der Waals surface area contributed by atoms with Crippen molar-refractivity contribution >= 4 is 9.84 Å². The normalized spacial score (nSPS) is 14.4. The predicted molar refractivity (Wildman–Crippen MR) is 77.8 cm³/mol. The fourth-order valence-corrected chi connectivity index (χ4v) is 2.78. The summed E-state index contributed by atoms with van der Waals surface area (Å²) in [6.07, 6.45) is 3.66. The molecule has 0 bridgehead atoms. The van der Waals surface area contributed by atoms with Crippen LogP contribution in [0, 0.1) is 11.3 Å². The van der Waals surface area contributed by atoms with E-state index in [1.807, 2.05) is 0 Å². The fraction of sp³-hybridized carbons (Fsp3) is 0.846. The summed E-state index contributed by atoms with van der Waals surface area (Å²) < 4.78 is 27.4. The van der Waals surface area contributed by atoms with Crippen LogP contribution in [-0.2, 0) is 22.0 Å². The zero-order valence-corrected chi connectivity index (χ0v) is 13.5. The van der Waals surface area contributed by atoms with Gasteiger partial charge in [-0.2, -0.15) is 4.98 Å². The van der Waals surface area contributed by atoms with Gasteiger partial charge in [-0.15, -0.1) is 0 Å². The molecule has 1 atom stereocenters. The molecule has 0 saturated heterocycles. The average Bonchev–Trinajstić information content (AvgIpc) is 2.67. The molecule has 0 saturated carbocycles. The van der Waals surface area contributed by atoms with Crippen LogP contribution in [0.2, 0.25) is 0 Å². The Morgan fingerprint density at radius 1 is 1.30 bits per heavy atom. The fourth-order valence-electron chi connectivity index (χ4n) is 2.19. The van der Waals surface area contributed by atoms with Gasteiger partial charge in [0.25, 0.3) is 0 Å². The van der Waals surface area contributed by atoms with Crippen LogP contribution >= 0.6 is 0 Å². The van der Waals surface area contributed by atoms with Gasteiger partial charge in [0.15, 0.2) is 15.7 Å². The van der Waals surface area contributed by atoms with E-state index in [0.29, 0.717) is 24.8 Å². The predicted octanol–water partition coefficient (Wildman–Crippen LogP) is 1.56. The second-order valence-electron chi connectivity index (χ2n) is 6.35. The first-order valence-corrected chi connectivity index (χ1v) is 8.87. The Bertz CT molecular complexity index is 517. The van der Waals surface area contributed by atoms with Gasteiger partial charge in [0.2, 0.25) is 5.89 Å². The molecule has 0 spiro atoms. The van der Waals surface area contributed by atoms with E-state index in [2.05, 4.69) is 30.9 Å². The van der Waals surface area contributed by atoms with Gasteiger partial charge in [0.05, 0.1) is 0 Å². The van der Waals surface area contributed by atoms with Crippen LogP contribution in [0.15, 0.2) is 4.52 Å². The molecule has 0 aliphatic rings. The van der Waals surface area contributed by atoms with Gasteiger partial charge in [0, 0.05) is 12.7 Å². The zero-order chi connectivity index (χ0) is 15.4. The smallest absolute Gasteiger partial charge is 0.226 e. The van der Waals surface area contributed by atoms with Crippen LogP contribution in [0.25, 0.3) is 0 Å². The lowest BCUT2D eigenvalue weighted by Crippen LogP contribution is -2.24. The molecule has 1 unspecified atom stereocenters. The monoisotopic (exact) mass is 303 g/mol. The third kappa shape index (κ3) is 6.00. The minimum Gasteiger partial charge on any atom is -0.339 e. The number of aromatic nitrogens is 2. The second kappa shape index (κ2) is 6.67. The van der Waals surface area contributed by atoms with Crippen LogP contribution in [-0.4, -0.2) is 31.4 Å². The number of sulfone groups is 1. The Kier molecular flexibility index (Phi) is 5.70. The van der Waals surface area contributed by atoms with Crippen molar-refractivity contribution < 1.29 is 12.9 Å². The zero-order valence-electron chi connectivity index (χ0n) is 12.7. The second-order valence-corrected chi connectivity index (χ2v) is 8.49. The highest BCUT2D eigenvalue weighted by molar-refractivity contribution is 7.89. The van der Waals surface area contributed by atoms with Crippen LogP contribution in [0.4, 0.5) is 0 Å². The molecule has 20 heavy (non-hydrogen) atoms. The lowest BCUT2D eigenvalue weighted by atomic mass is 9.76. The number of hydrogen-bond donors (Lipinski definition) is 1. The Balaban J connectivity index is 2.61. The van der Waals surface area contributed by atoms with Crippen LogP contribution < -0.4 is 5.73 Å². The van der Waals surface area contributed by atoms with Gasteiger partial charge in [-0.3, -0.25) is 0 Å². The summed E-state index contributed by atoms with van der Waals surface area (Å²) in [7, 11) is -3.13. The third-order valence-electron chi connectivity index (χ3n) is 3.35. The largest absolute Gasteiger partial charge is 0.339 e. The van der Waals surface area contributed by atoms with E-state index < -0.39 is 9.84 Å². The van der Waals surface area contributed by atoms with Gasteiger partial charge < -0.3 is 10.3 Å². The standard InChI is InChI=1S/C13H25N3O3S/c1-13(2,3)10(7-8-14)5-6-12-15-11(16-19-12)9-20(4,17)18/h10H,5-9,14H2,1-4H3. The Morgan fingerprint density at radius 2 is 1.95 bits per heavy atom. The average molecular weight is 303 g/mol. The van der Waals surface area contributed by atoms with Crippen LogP contribution in [0.3, 0.4) is 0 Å². The highest BCUT2D eigenvalue weighted by atomic mass is 32.2. The summed E-state index contributed by atoms with van der Waals surface area (Å²) in [5.41, 5.74) is 5.83. The summed E-state index contributed by atoms with van der Waals surface area (Å²) in [6.45, 7) is 7.23. The molecule has 2 N–H and O–H groups in total. The van der Waals surface area contributed by atoms with Gasteiger partial charge >= 0.3 is 0 Å². The Labute approximate surface area is 121 Å². The van der Waals surface area contributed by atoms with Crippen molar-refractivity contribution in [3.63, 3.8) is 0 Å². The Hall–Kier alpha value is -0.950. The van der Waals surface area contributed by atoms with Crippen molar-refractivity contribution in [2.24, 2.45) is 17.1 Å². The molecule has 1 rings (SSSR count). The molecule has 0 amide bonds. The summed E-state index contributed by atoms with van der Waals surface area (Å²) >= 11 is 0. The topological polar surface area (TPSA) is 99.1 Å². The lowest BCUT2D eigenvalue weighted by molar-refractivity contribution is 0.208. The molecule has 1 heterocycles. The van der Waals surface area contributed by atoms with Crippen molar-refractivity contribution in [2.45, 2.75) is 45.8 Å². The van der Waals surface area contributed by atoms with E-state index in [0.717, 1.165) is 19.1 Å². The maximum atomic E-state index is 11.2. The van der Waals surface area contributed by atoms with Crippen LogP contribution in [0.1, 0.15) is 45.3 Å². The van der Waals surface area contributed by atoms with Crippen molar-refractivity contribution in [1.82, 2.24) is 10.1 Å². The SMILES string of the molecule is CC(C)(C)C(CCN)CCc1nc(CS(C)(=O)=O)no1. The molecule has 7 heteroatoms. The molecule has 0 fully saturated rings. The summed E-state index contributed by atoms with van der Waals surface area (Å²) in [4.78, 5) is 4.12. The van der Waals surface area contributed by atoms with E-state index >= 15 is 0 Å². The molecular weight excluding hydrogens is 278 g/mol. The first kappa shape index (κ1) is 17.1. The van der Waals surface area contributed by atoms with E-state index in [-0.39, 0.29) is 17.0 Å². The molecule has 116 valence electrons. The van der Waals surface area contributed by atoms with E-state index in [1.54, 1.807) is 0 Å². The minimum absolute atomic E-state index is 0.176. The number of rotatable bonds is 7. The highest BCUT2D eigenvalue weighted by Gasteiger charge is 2.24. The maximum absolute atomic E-state index is 11.2. The van der Waals surface area contributed by atoms with Crippen molar-refractivity contribution in [3.05, 3.63) is 11.7 Å². The van der Waals surface area contributed by atoms with Crippen LogP contribution in [0.5, 0.6) is 0 Å². The number of aryl methyl sites for hydroxylation is 1. The van der Waals surface area contributed by atoms with Gasteiger partial charge in [0.1, 0.15) is 5.75 Å². The van der Waals surface area contributed by atoms with Gasteiger partial charge in [-0.05, 0) is 30.7 Å². The summed E-state index contributed by atoms with van der Waals surface area (Å²) in [5.74, 6) is 1.02. The highest BCUT2D eigenvalue weighted by Crippen LogP contribution is 2.32. The molecular formula is C13H25N3O3S. The molecule has 6 nitrogen and oxygen atoms in total. The van der Waals surface area contributed by atoms with Gasteiger partial charge in [-0.25, -0.2) is 8.42 Å². The van der Waals surface area contributed by atoms with E-state index in [9.17, 15) is 8.42 Å². The van der Waals surface area contributed by atoms with Crippen molar-refractivity contribution in [2.75, 3.05) is 12.8 Å². The molecule has 0 radical (unpaired) electrons. The molecule has 0 aromatic carbocycles.